The van der Waals surface area contributed by atoms with Gasteiger partial charge in [-0.1, -0.05) is 0 Å². The van der Waals surface area contributed by atoms with Crippen molar-refractivity contribution in [3.8, 4) is 5.75 Å². The minimum atomic E-state index is -0.236. The average Bonchev–Trinajstić information content (AvgIpc) is 2.86. The number of aromatic nitrogens is 1. The fourth-order valence-corrected chi connectivity index (χ4v) is 2.73. The highest BCUT2D eigenvalue weighted by molar-refractivity contribution is 6.12. The van der Waals surface area contributed by atoms with Crippen molar-refractivity contribution in [2.45, 2.75) is 19.8 Å². The van der Waals surface area contributed by atoms with Crippen molar-refractivity contribution in [1.82, 2.24) is 4.98 Å². The molecule has 2 heterocycles. The lowest BCUT2D eigenvalue weighted by Gasteiger charge is -2.12. The smallest absolute Gasteiger partial charge is 0.311 e. The molecule has 110 valence electrons. The number of hydrogen-bond acceptors (Lipinski definition) is 4. The lowest BCUT2D eigenvalue weighted by atomic mass is 10.0. The Balaban J connectivity index is 1.99. The van der Waals surface area contributed by atoms with Crippen LogP contribution < -0.4 is 4.74 Å². The van der Waals surface area contributed by atoms with Gasteiger partial charge in [-0.2, -0.15) is 0 Å². The van der Waals surface area contributed by atoms with Crippen LogP contribution >= 0.6 is 0 Å². The molecule has 3 rings (SSSR count). The second-order valence-corrected chi connectivity index (χ2v) is 4.95. The second-order valence-electron chi connectivity index (χ2n) is 4.95. The molecule has 1 aromatic heterocycles. The topological polar surface area (TPSA) is 63.7 Å². The predicted octanol–water partition coefficient (Wildman–Crippen LogP) is 2.47. The number of aliphatic imine (C=N–C) groups is 1. The molecule has 0 saturated heterocycles. The number of carbonyl (C=O) groups is 1. The number of ether oxygens (including phenoxy) is 2. The molecule has 0 atom stereocenters. The number of aromatic amines is 1. The Labute approximate surface area is 123 Å². The molecule has 21 heavy (non-hydrogen) atoms. The van der Waals surface area contributed by atoms with E-state index in [0.717, 1.165) is 34.5 Å². The fourth-order valence-electron chi connectivity index (χ4n) is 2.73. The van der Waals surface area contributed by atoms with E-state index < -0.39 is 0 Å². The molecule has 0 radical (unpaired) electrons. The second kappa shape index (κ2) is 5.60. The first-order valence-corrected chi connectivity index (χ1v) is 7.10. The van der Waals surface area contributed by atoms with Crippen LogP contribution in [0.25, 0.3) is 10.9 Å². The number of carbonyl (C=O) groups excluding carboxylic acids is 1. The van der Waals surface area contributed by atoms with Crippen LogP contribution in [-0.4, -0.2) is 36.9 Å². The van der Waals surface area contributed by atoms with Crippen LogP contribution in [-0.2, 0) is 16.0 Å². The summed E-state index contributed by atoms with van der Waals surface area (Å²) in [6, 6.07) is 5.94. The summed E-state index contributed by atoms with van der Waals surface area (Å²) in [6.07, 6.45) is 1.08. The molecule has 0 aliphatic carbocycles. The molecule has 0 bridgehead atoms. The van der Waals surface area contributed by atoms with Crippen molar-refractivity contribution in [3.63, 3.8) is 0 Å². The van der Waals surface area contributed by atoms with E-state index in [1.165, 1.54) is 5.56 Å². The lowest BCUT2D eigenvalue weighted by Crippen LogP contribution is -2.18. The molecule has 1 aliphatic rings. The Kier molecular flexibility index (Phi) is 3.64. The van der Waals surface area contributed by atoms with Gasteiger partial charge in [-0.15, -0.1) is 0 Å². The summed E-state index contributed by atoms with van der Waals surface area (Å²) in [5, 5.41) is 1.14. The maximum absolute atomic E-state index is 11.7. The van der Waals surface area contributed by atoms with Crippen LogP contribution in [0, 0.1) is 0 Å². The van der Waals surface area contributed by atoms with Gasteiger partial charge in [0.2, 0.25) is 0 Å². The van der Waals surface area contributed by atoms with E-state index in [1.54, 1.807) is 14.0 Å². The maximum atomic E-state index is 11.7. The Morgan fingerprint density at radius 2 is 2.29 bits per heavy atom. The number of methoxy groups -OCH3 is 1. The number of nitrogens with zero attached hydrogens (tertiary/aromatic N) is 1. The van der Waals surface area contributed by atoms with Crippen LogP contribution in [0.4, 0.5) is 0 Å². The first-order valence-electron chi connectivity index (χ1n) is 7.10. The van der Waals surface area contributed by atoms with Crippen LogP contribution in [0.5, 0.6) is 5.75 Å². The van der Waals surface area contributed by atoms with Crippen LogP contribution in [0.3, 0.4) is 0 Å². The van der Waals surface area contributed by atoms with Gasteiger partial charge in [0.15, 0.2) is 0 Å². The van der Waals surface area contributed by atoms with Crippen molar-refractivity contribution >= 4 is 22.6 Å². The summed E-state index contributed by atoms with van der Waals surface area (Å²) in [5.41, 5.74) is 3.99. The fraction of sp³-hybridized carbons (Fsp3) is 0.375. The zero-order valence-corrected chi connectivity index (χ0v) is 12.2. The van der Waals surface area contributed by atoms with Crippen molar-refractivity contribution in [2.24, 2.45) is 4.99 Å². The monoisotopic (exact) mass is 286 g/mol. The van der Waals surface area contributed by atoms with Gasteiger partial charge in [-0.3, -0.25) is 9.79 Å². The van der Waals surface area contributed by atoms with E-state index in [2.05, 4.69) is 9.98 Å². The molecular formula is C16H18N2O3. The number of H-pyrrole nitrogens is 1. The molecule has 0 unspecified atom stereocenters. The SMILES string of the molecule is CCOC(=O)CC1=NCCc2c1[nH]c1ccc(OC)cc21. The van der Waals surface area contributed by atoms with Crippen molar-refractivity contribution < 1.29 is 14.3 Å². The van der Waals surface area contributed by atoms with Gasteiger partial charge in [-0.25, -0.2) is 0 Å². The molecule has 2 aromatic rings. The quantitative estimate of drug-likeness (QED) is 0.878. The van der Waals surface area contributed by atoms with Gasteiger partial charge >= 0.3 is 5.97 Å². The van der Waals surface area contributed by atoms with Gasteiger partial charge in [0.05, 0.1) is 31.5 Å². The van der Waals surface area contributed by atoms with Crippen LogP contribution in [0.2, 0.25) is 0 Å². The number of fused-ring (bicyclic) bond motifs is 3. The third-order valence-electron chi connectivity index (χ3n) is 3.68. The zero-order chi connectivity index (χ0) is 14.8. The number of esters is 1. The largest absolute Gasteiger partial charge is 0.497 e. The molecule has 0 saturated carbocycles. The van der Waals surface area contributed by atoms with Crippen molar-refractivity contribution in [1.29, 1.82) is 0 Å². The third-order valence-corrected chi connectivity index (χ3v) is 3.68. The average molecular weight is 286 g/mol. The van der Waals surface area contributed by atoms with E-state index in [1.807, 2.05) is 18.2 Å². The first-order chi connectivity index (χ1) is 10.2. The molecule has 1 N–H and O–H groups in total. The van der Waals surface area contributed by atoms with Crippen molar-refractivity contribution in [2.75, 3.05) is 20.3 Å². The molecule has 0 fully saturated rings. The Bertz CT molecular complexity index is 716. The Hall–Kier alpha value is -2.30. The number of benzene rings is 1. The van der Waals surface area contributed by atoms with Gasteiger partial charge in [0.1, 0.15) is 5.75 Å². The van der Waals surface area contributed by atoms with E-state index in [-0.39, 0.29) is 12.4 Å². The Morgan fingerprint density at radius 1 is 1.43 bits per heavy atom. The maximum Gasteiger partial charge on any atom is 0.311 e. The highest BCUT2D eigenvalue weighted by atomic mass is 16.5. The summed E-state index contributed by atoms with van der Waals surface area (Å²) >= 11 is 0. The number of nitrogens with one attached hydrogen (secondary N) is 1. The first kappa shape index (κ1) is 13.7. The van der Waals surface area contributed by atoms with E-state index in [9.17, 15) is 4.79 Å². The molecule has 0 spiro atoms. The van der Waals surface area contributed by atoms with Gasteiger partial charge in [0, 0.05) is 17.4 Å². The highest BCUT2D eigenvalue weighted by Gasteiger charge is 2.22. The number of hydrogen-bond donors (Lipinski definition) is 1. The minimum Gasteiger partial charge on any atom is -0.497 e. The standard InChI is InChI=1S/C16H18N2O3/c1-3-21-15(19)9-14-16-11(6-7-17-14)12-8-10(20-2)4-5-13(12)18-16/h4-5,8,18H,3,6-7,9H2,1-2H3. The molecule has 1 aliphatic heterocycles. The summed E-state index contributed by atoms with van der Waals surface area (Å²) in [7, 11) is 1.66. The zero-order valence-electron chi connectivity index (χ0n) is 12.2. The van der Waals surface area contributed by atoms with Crippen LogP contribution in [0.1, 0.15) is 24.6 Å². The van der Waals surface area contributed by atoms with Gasteiger partial charge in [-0.05, 0) is 37.1 Å². The van der Waals surface area contributed by atoms with Gasteiger partial charge < -0.3 is 14.5 Å². The predicted molar refractivity (Wildman–Crippen MR) is 81.2 cm³/mol. The molecule has 1 aromatic carbocycles. The highest BCUT2D eigenvalue weighted by Crippen LogP contribution is 2.29. The van der Waals surface area contributed by atoms with E-state index in [0.29, 0.717) is 13.2 Å². The molecule has 5 nitrogen and oxygen atoms in total. The summed E-state index contributed by atoms with van der Waals surface area (Å²) < 4.78 is 10.3. The van der Waals surface area contributed by atoms with E-state index in [4.69, 9.17) is 9.47 Å². The minimum absolute atomic E-state index is 0.213. The third kappa shape index (κ3) is 2.51. The number of rotatable bonds is 4. The molecule has 0 amide bonds. The van der Waals surface area contributed by atoms with E-state index >= 15 is 0 Å². The summed E-state index contributed by atoms with van der Waals surface area (Å²) in [4.78, 5) is 19.6. The van der Waals surface area contributed by atoms with Crippen molar-refractivity contribution in [3.05, 3.63) is 29.5 Å². The normalized spacial score (nSPS) is 13.7. The Morgan fingerprint density at radius 3 is 3.05 bits per heavy atom. The molecule has 5 heteroatoms. The lowest BCUT2D eigenvalue weighted by molar-refractivity contribution is -0.141. The summed E-state index contributed by atoms with van der Waals surface area (Å²) in [5.74, 6) is 0.596. The van der Waals surface area contributed by atoms with Crippen LogP contribution in [0.15, 0.2) is 23.2 Å². The van der Waals surface area contributed by atoms with Gasteiger partial charge in [0.25, 0.3) is 0 Å². The summed E-state index contributed by atoms with van der Waals surface area (Å²) in [6.45, 7) is 2.90. The molecular weight excluding hydrogens is 268 g/mol.